The van der Waals surface area contributed by atoms with Crippen molar-refractivity contribution in [3.63, 3.8) is 0 Å². The second-order valence-corrected chi connectivity index (χ2v) is 5.28. The molecular weight excluding hydrogens is 196 g/mol. The molecule has 0 bridgehead atoms. The first kappa shape index (κ1) is 12.0. The van der Waals surface area contributed by atoms with Crippen molar-refractivity contribution in [3.05, 3.63) is 0 Å². The number of nitrogens with one attached hydrogen (secondary N) is 1. The van der Waals surface area contributed by atoms with Gasteiger partial charge in [-0.2, -0.15) is 0 Å². The Morgan fingerprint density at radius 2 is 2.19 bits per heavy atom. The molecule has 1 saturated carbocycles. The fraction of sp³-hybridized carbons (Fsp3) is 0.857. The Labute approximate surface area is 99.8 Å². The predicted octanol–water partition coefficient (Wildman–Crippen LogP) is 1.86. The Morgan fingerprint density at radius 1 is 1.38 bits per heavy atom. The molecule has 2 nitrogen and oxygen atoms in total. The quantitative estimate of drug-likeness (QED) is 0.687. The van der Waals surface area contributed by atoms with Crippen LogP contribution in [0.5, 0.6) is 0 Å². The minimum atomic E-state index is 0.350. The maximum atomic E-state index is 5.64. The van der Waals surface area contributed by atoms with Crippen LogP contribution in [0.4, 0.5) is 0 Å². The molecule has 0 aromatic rings. The molecule has 1 saturated heterocycles. The van der Waals surface area contributed by atoms with Gasteiger partial charge in [-0.15, -0.1) is 6.42 Å². The topological polar surface area (TPSA) is 15.3 Å². The van der Waals surface area contributed by atoms with Gasteiger partial charge in [0, 0.05) is 19.1 Å². The van der Waals surface area contributed by atoms with E-state index in [1.807, 2.05) is 0 Å². The lowest BCUT2D eigenvalue weighted by Crippen LogP contribution is -2.43. The van der Waals surface area contributed by atoms with E-state index in [-0.39, 0.29) is 0 Å². The molecule has 0 amide bonds. The van der Waals surface area contributed by atoms with Gasteiger partial charge in [-0.05, 0) is 44.6 Å². The lowest BCUT2D eigenvalue weighted by Gasteiger charge is -2.30. The third kappa shape index (κ3) is 3.23. The first-order chi connectivity index (χ1) is 7.83. The highest BCUT2D eigenvalue weighted by molar-refractivity contribution is 5.01. The molecule has 1 heterocycles. The number of hydrogen-bond acceptors (Lipinski definition) is 2. The summed E-state index contributed by atoms with van der Waals surface area (Å²) in [4.78, 5) is 2.54. The van der Waals surface area contributed by atoms with E-state index in [0.29, 0.717) is 12.1 Å². The summed E-state index contributed by atoms with van der Waals surface area (Å²) in [6.07, 6.45) is 12.2. The third-order valence-corrected chi connectivity index (χ3v) is 3.83. The van der Waals surface area contributed by atoms with E-state index in [9.17, 15) is 0 Å². The molecule has 0 aromatic heterocycles. The summed E-state index contributed by atoms with van der Waals surface area (Å²) in [6.45, 7) is 5.77. The zero-order chi connectivity index (χ0) is 11.4. The molecule has 2 atom stereocenters. The van der Waals surface area contributed by atoms with Gasteiger partial charge in [0.25, 0.3) is 0 Å². The highest BCUT2D eigenvalue weighted by Crippen LogP contribution is 2.30. The van der Waals surface area contributed by atoms with Crippen molar-refractivity contribution in [2.24, 2.45) is 5.92 Å². The average Bonchev–Trinajstić information content (AvgIpc) is 2.95. The lowest BCUT2D eigenvalue weighted by atomic mass is 10.1. The fourth-order valence-electron chi connectivity index (χ4n) is 2.64. The maximum absolute atomic E-state index is 5.64. The van der Waals surface area contributed by atoms with Crippen LogP contribution in [-0.2, 0) is 0 Å². The van der Waals surface area contributed by atoms with Crippen molar-refractivity contribution in [1.82, 2.24) is 10.2 Å². The molecule has 0 radical (unpaired) electrons. The summed E-state index contributed by atoms with van der Waals surface area (Å²) in [5, 5.41) is 3.57. The highest BCUT2D eigenvalue weighted by atomic mass is 15.2. The first-order valence-corrected chi connectivity index (χ1v) is 6.77. The van der Waals surface area contributed by atoms with Gasteiger partial charge < -0.3 is 5.32 Å². The molecule has 2 fully saturated rings. The van der Waals surface area contributed by atoms with Gasteiger partial charge in [-0.3, -0.25) is 4.90 Å². The smallest absolute Gasteiger partial charge is 0.0709 e. The Balaban J connectivity index is 1.87. The van der Waals surface area contributed by atoms with Gasteiger partial charge in [-0.25, -0.2) is 0 Å². The van der Waals surface area contributed by atoms with Crippen LogP contribution in [0.3, 0.4) is 0 Å². The Kier molecular flexibility index (Phi) is 4.26. The number of rotatable bonds is 6. The van der Waals surface area contributed by atoms with E-state index in [4.69, 9.17) is 6.42 Å². The Hall–Kier alpha value is -0.520. The van der Waals surface area contributed by atoms with Crippen molar-refractivity contribution >= 4 is 0 Å². The number of nitrogens with zero attached hydrogens (tertiary/aromatic N) is 1. The summed E-state index contributed by atoms with van der Waals surface area (Å²) >= 11 is 0. The van der Waals surface area contributed by atoms with E-state index in [1.165, 1.54) is 38.8 Å². The van der Waals surface area contributed by atoms with Gasteiger partial charge >= 0.3 is 0 Å². The van der Waals surface area contributed by atoms with E-state index in [1.54, 1.807) is 0 Å². The van der Waals surface area contributed by atoms with Crippen LogP contribution >= 0.6 is 0 Å². The van der Waals surface area contributed by atoms with Crippen LogP contribution < -0.4 is 5.32 Å². The second-order valence-electron chi connectivity index (χ2n) is 5.28. The highest BCUT2D eigenvalue weighted by Gasteiger charge is 2.28. The van der Waals surface area contributed by atoms with Crippen LogP contribution in [0.2, 0.25) is 0 Å². The molecular formula is C14H24N2. The van der Waals surface area contributed by atoms with Crippen LogP contribution in [-0.4, -0.2) is 36.6 Å². The van der Waals surface area contributed by atoms with E-state index < -0.39 is 0 Å². The molecule has 1 aliphatic heterocycles. The van der Waals surface area contributed by atoms with Gasteiger partial charge in [0.15, 0.2) is 0 Å². The lowest BCUT2D eigenvalue weighted by molar-refractivity contribution is 0.202. The van der Waals surface area contributed by atoms with Crippen molar-refractivity contribution in [2.45, 2.75) is 51.1 Å². The zero-order valence-electron chi connectivity index (χ0n) is 10.4. The maximum Gasteiger partial charge on any atom is 0.0709 e. The minimum Gasteiger partial charge on any atom is -0.313 e. The van der Waals surface area contributed by atoms with E-state index in [0.717, 1.165) is 18.9 Å². The van der Waals surface area contributed by atoms with Crippen LogP contribution in [0, 0.1) is 18.3 Å². The van der Waals surface area contributed by atoms with Crippen molar-refractivity contribution in [1.29, 1.82) is 0 Å². The SMILES string of the molecule is C#CC(CC)N(CC1CC1)CC1CCCN1. The average molecular weight is 220 g/mol. The predicted molar refractivity (Wildman–Crippen MR) is 68.2 cm³/mol. The molecule has 1 aliphatic carbocycles. The Morgan fingerprint density at radius 3 is 2.69 bits per heavy atom. The van der Waals surface area contributed by atoms with E-state index in [2.05, 4.69) is 23.1 Å². The van der Waals surface area contributed by atoms with Gasteiger partial charge in [0.05, 0.1) is 6.04 Å². The number of hydrogen-bond donors (Lipinski definition) is 1. The summed E-state index contributed by atoms with van der Waals surface area (Å²) in [6, 6.07) is 1.03. The second kappa shape index (κ2) is 5.70. The molecule has 2 rings (SSSR count). The molecule has 2 aliphatic rings. The third-order valence-electron chi connectivity index (χ3n) is 3.83. The largest absolute Gasteiger partial charge is 0.313 e. The first-order valence-electron chi connectivity index (χ1n) is 6.77. The summed E-state index contributed by atoms with van der Waals surface area (Å²) in [5.41, 5.74) is 0. The minimum absolute atomic E-state index is 0.350. The molecule has 16 heavy (non-hydrogen) atoms. The van der Waals surface area contributed by atoms with Crippen molar-refractivity contribution in [2.75, 3.05) is 19.6 Å². The van der Waals surface area contributed by atoms with Crippen LogP contribution in [0.15, 0.2) is 0 Å². The monoisotopic (exact) mass is 220 g/mol. The van der Waals surface area contributed by atoms with Gasteiger partial charge in [0.1, 0.15) is 0 Å². The van der Waals surface area contributed by atoms with Crippen molar-refractivity contribution < 1.29 is 0 Å². The van der Waals surface area contributed by atoms with Crippen LogP contribution in [0.25, 0.3) is 0 Å². The molecule has 0 spiro atoms. The molecule has 90 valence electrons. The van der Waals surface area contributed by atoms with Crippen LogP contribution in [0.1, 0.15) is 39.0 Å². The van der Waals surface area contributed by atoms with Gasteiger partial charge in [-0.1, -0.05) is 12.8 Å². The van der Waals surface area contributed by atoms with E-state index >= 15 is 0 Å². The van der Waals surface area contributed by atoms with Gasteiger partial charge in [0.2, 0.25) is 0 Å². The molecule has 2 unspecified atom stereocenters. The molecule has 0 aromatic carbocycles. The Bertz CT molecular complexity index is 246. The normalized spacial score (nSPS) is 26.9. The summed E-state index contributed by atoms with van der Waals surface area (Å²) < 4.78 is 0. The van der Waals surface area contributed by atoms with Crippen molar-refractivity contribution in [3.8, 4) is 12.3 Å². The summed E-state index contributed by atoms with van der Waals surface area (Å²) in [7, 11) is 0. The molecule has 2 heteroatoms. The number of terminal acetylenes is 1. The fourth-order valence-corrected chi connectivity index (χ4v) is 2.64. The summed E-state index contributed by atoms with van der Waals surface area (Å²) in [5.74, 6) is 3.89. The molecule has 1 N–H and O–H groups in total. The zero-order valence-corrected chi connectivity index (χ0v) is 10.4. The standard InChI is InChI=1S/C14H24N2/c1-3-14(4-2)16(10-12-7-8-12)11-13-6-5-9-15-13/h1,12-15H,4-11H2,2H3.